The Balaban J connectivity index is 1.50. The van der Waals surface area contributed by atoms with Crippen LogP contribution >= 0.6 is 0 Å². The van der Waals surface area contributed by atoms with Gasteiger partial charge < -0.3 is 20.0 Å². The number of terminal acetylenes is 1. The molecule has 1 aromatic heterocycles. The Kier molecular flexibility index (Phi) is 6.29. The van der Waals surface area contributed by atoms with Gasteiger partial charge in [-0.05, 0) is 63.5 Å². The van der Waals surface area contributed by atoms with Crippen molar-refractivity contribution in [3.63, 3.8) is 0 Å². The van der Waals surface area contributed by atoms with Crippen molar-refractivity contribution in [3.8, 4) is 12.3 Å². The highest BCUT2D eigenvalue weighted by Crippen LogP contribution is 2.43. The van der Waals surface area contributed by atoms with Gasteiger partial charge in [-0.1, -0.05) is 5.92 Å². The van der Waals surface area contributed by atoms with Gasteiger partial charge in [0.25, 0.3) is 0 Å². The molecule has 2 amide bonds. The maximum atomic E-state index is 13.5. The lowest BCUT2D eigenvalue weighted by Crippen LogP contribution is -2.50. The number of aromatic nitrogens is 1. The molecule has 2 N–H and O–H groups in total. The lowest BCUT2D eigenvalue weighted by atomic mass is 9.78. The van der Waals surface area contributed by atoms with Crippen molar-refractivity contribution in [1.82, 2.24) is 9.88 Å². The van der Waals surface area contributed by atoms with Crippen LogP contribution in [-0.4, -0.2) is 70.4 Å². The number of pyridine rings is 1. The third-order valence-corrected chi connectivity index (χ3v) is 7.39. The van der Waals surface area contributed by atoms with E-state index in [4.69, 9.17) is 6.42 Å². The minimum absolute atomic E-state index is 0.0352. The summed E-state index contributed by atoms with van der Waals surface area (Å²) in [5.41, 5.74) is 0.889. The Hall–Kier alpha value is -2.79. The molecule has 0 bridgehead atoms. The van der Waals surface area contributed by atoms with Gasteiger partial charge >= 0.3 is 6.09 Å². The van der Waals surface area contributed by atoms with Gasteiger partial charge in [-0.3, -0.25) is 9.69 Å². The van der Waals surface area contributed by atoms with Gasteiger partial charge in [0, 0.05) is 25.7 Å². The SMILES string of the molecule is C#CCN(C(=O)O)c1cnc(N2CCCC3(CCN(C4CCC(O)CC4)C3=O)C2)cc1C. The molecular weight excluding hydrogens is 408 g/mol. The standard InChI is InChI=1S/C24H32N4O4/c1-3-11-28(23(31)32)20-15-25-21(14-17(20)2)26-12-4-9-24(16-26)10-13-27(22(24)30)18-5-7-19(29)8-6-18/h1,14-15,18-19,29H,4-13,16H2,2H3,(H,31,32). The summed E-state index contributed by atoms with van der Waals surface area (Å²) in [7, 11) is 0. The second-order valence-electron chi connectivity index (χ2n) is 9.42. The monoisotopic (exact) mass is 440 g/mol. The van der Waals surface area contributed by atoms with Crippen LogP contribution in [0.2, 0.25) is 0 Å². The number of amides is 2. The zero-order valence-electron chi connectivity index (χ0n) is 18.7. The molecule has 3 fully saturated rings. The number of carboxylic acid groups (broad SMARTS) is 1. The fourth-order valence-corrected chi connectivity index (χ4v) is 5.61. The van der Waals surface area contributed by atoms with Crippen LogP contribution in [-0.2, 0) is 4.79 Å². The molecule has 1 spiro atoms. The summed E-state index contributed by atoms with van der Waals surface area (Å²) >= 11 is 0. The minimum Gasteiger partial charge on any atom is -0.465 e. The van der Waals surface area contributed by atoms with Crippen LogP contribution in [0, 0.1) is 24.7 Å². The molecule has 2 aliphatic heterocycles. The van der Waals surface area contributed by atoms with E-state index in [0.717, 1.165) is 74.3 Å². The molecule has 4 rings (SSSR count). The number of hydrogen-bond donors (Lipinski definition) is 2. The van der Waals surface area contributed by atoms with Gasteiger partial charge in [-0.2, -0.15) is 0 Å². The first-order chi connectivity index (χ1) is 15.3. The molecule has 1 aliphatic carbocycles. The first-order valence-electron chi connectivity index (χ1n) is 11.5. The van der Waals surface area contributed by atoms with Crippen LogP contribution in [0.25, 0.3) is 0 Å². The van der Waals surface area contributed by atoms with Crippen molar-refractivity contribution in [2.45, 2.75) is 64.0 Å². The largest absolute Gasteiger partial charge is 0.465 e. The third kappa shape index (κ3) is 4.14. The number of nitrogens with zero attached hydrogens (tertiary/aromatic N) is 4. The molecule has 1 unspecified atom stereocenters. The Labute approximate surface area is 189 Å². The number of likely N-dealkylation sites (tertiary alicyclic amines) is 1. The molecule has 3 aliphatic rings. The van der Waals surface area contributed by atoms with E-state index in [-0.39, 0.29) is 30.0 Å². The average molecular weight is 441 g/mol. The number of piperidine rings is 1. The number of anilines is 2. The van der Waals surface area contributed by atoms with Crippen molar-refractivity contribution in [2.24, 2.45) is 5.41 Å². The summed E-state index contributed by atoms with van der Waals surface area (Å²) in [5.74, 6) is 3.39. The molecular formula is C24H32N4O4. The Morgan fingerprint density at radius 3 is 2.72 bits per heavy atom. The number of hydrogen-bond acceptors (Lipinski definition) is 5. The number of carbonyl (C=O) groups excluding carboxylic acids is 1. The van der Waals surface area contributed by atoms with Crippen LogP contribution < -0.4 is 9.80 Å². The first-order valence-corrected chi connectivity index (χ1v) is 11.5. The summed E-state index contributed by atoms with van der Waals surface area (Å²) in [4.78, 5) is 35.0. The lowest BCUT2D eigenvalue weighted by molar-refractivity contribution is -0.139. The van der Waals surface area contributed by atoms with Gasteiger partial charge in [-0.15, -0.1) is 6.42 Å². The van der Waals surface area contributed by atoms with E-state index < -0.39 is 6.09 Å². The number of aliphatic hydroxyl groups excluding tert-OH is 1. The molecule has 8 heteroatoms. The number of carbonyl (C=O) groups is 2. The molecule has 1 aromatic rings. The molecule has 3 heterocycles. The summed E-state index contributed by atoms with van der Waals surface area (Å²) in [6.07, 6.45) is 11.5. The molecule has 2 saturated heterocycles. The average Bonchev–Trinajstić information content (AvgIpc) is 3.08. The molecule has 172 valence electrons. The first kappa shape index (κ1) is 22.4. The molecule has 0 aromatic carbocycles. The van der Waals surface area contributed by atoms with Crippen molar-refractivity contribution in [2.75, 3.05) is 36.0 Å². The predicted molar refractivity (Wildman–Crippen MR) is 122 cm³/mol. The minimum atomic E-state index is -1.11. The fourth-order valence-electron chi connectivity index (χ4n) is 5.61. The number of aryl methyl sites for hydroxylation is 1. The third-order valence-electron chi connectivity index (χ3n) is 7.39. The summed E-state index contributed by atoms with van der Waals surface area (Å²) in [6.45, 7) is 4.07. The highest BCUT2D eigenvalue weighted by Gasteiger charge is 2.50. The van der Waals surface area contributed by atoms with Gasteiger partial charge in [0.1, 0.15) is 5.82 Å². The highest BCUT2D eigenvalue weighted by molar-refractivity contribution is 5.88. The number of aliphatic hydroxyl groups is 1. The summed E-state index contributed by atoms with van der Waals surface area (Å²) < 4.78 is 0. The van der Waals surface area contributed by atoms with Crippen LogP contribution in [0.15, 0.2) is 12.3 Å². The van der Waals surface area contributed by atoms with E-state index in [2.05, 4.69) is 20.7 Å². The second-order valence-corrected chi connectivity index (χ2v) is 9.42. The highest BCUT2D eigenvalue weighted by atomic mass is 16.4. The van der Waals surface area contributed by atoms with Crippen LogP contribution in [0.5, 0.6) is 0 Å². The molecule has 32 heavy (non-hydrogen) atoms. The van der Waals surface area contributed by atoms with E-state index in [9.17, 15) is 19.8 Å². The van der Waals surface area contributed by atoms with E-state index in [0.29, 0.717) is 12.2 Å². The molecule has 8 nitrogen and oxygen atoms in total. The Morgan fingerprint density at radius 2 is 2.06 bits per heavy atom. The second kappa shape index (κ2) is 8.99. The van der Waals surface area contributed by atoms with Crippen LogP contribution in [0.1, 0.15) is 50.5 Å². The summed E-state index contributed by atoms with van der Waals surface area (Å²) in [5, 5.41) is 19.3. The topological polar surface area (TPSA) is 97.2 Å². The Morgan fingerprint density at radius 1 is 1.31 bits per heavy atom. The van der Waals surface area contributed by atoms with Crippen LogP contribution in [0.4, 0.5) is 16.3 Å². The fraction of sp³-hybridized carbons (Fsp3) is 0.625. The van der Waals surface area contributed by atoms with Gasteiger partial charge in [0.05, 0.1) is 29.9 Å². The molecule has 1 atom stereocenters. The van der Waals surface area contributed by atoms with E-state index in [1.54, 1.807) is 6.20 Å². The van der Waals surface area contributed by atoms with Crippen molar-refractivity contribution in [1.29, 1.82) is 0 Å². The normalized spacial score (nSPS) is 28.1. The van der Waals surface area contributed by atoms with Crippen molar-refractivity contribution in [3.05, 3.63) is 17.8 Å². The molecule has 0 radical (unpaired) electrons. The van der Waals surface area contributed by atoms with Gasteiger partial charge in [0.15, 0.2) is 0 Å². The number of rotatable bonds is 4. The van der Waals surface area contributed by atoms with E-state index in [1.807, 2.05) is 13.0 Å². The van der Waals surface area contributed by atoms with Gasteiger partial charge in [-0.25, -0.2) is 9.78 Å². The quantitative estimate of drug-likeness (QED) is 0.699. The van der Waals surface area contributed by atoms with Crippen molar-refractivity contribution < 1.29 is 19.8 Å². The predicted octanol–water partition coefficient (Wildman–Crippen LogP) is 2.63. The van der Waals surface area contributed by atoms with Crippen LogP contribution in [0.3, 0.4) is 0 Å². The van der Waals surface area contributed by atoms with Crippen molar-refractivity contribution >= 4 is 23.5 Å². The lowest BCUT2D eigenvalue weighted by Gasteiger charge is -2.41. The zero-order valence-corrected chi connectivity index (χ0v) is 18.7. The maximum absolute atomic E-state index is 13.5. The summed E-state index contributed by atoms with van der Waals surface area (Å²) in [6, 6.07) is 2.14. The Bertz CT molecular complexity index is 921. The van der Waals surface area contributed by atoms with E-state index in [1.165, 1.54) is 0 Å². The zero-order chi connectivity index (χ0) is 22.9. The van der Waals surface area contributed by atoms with E-state index >= 15 is 0 Å². The maximum Gasteiger partial charge on any atom is 0.412 e. The van der Waals surface area contributed by atoms with Gasteiger partial charge in [0.2, 0.25) is 5.91 Å². The smallest absolute Gasteiger partial charge is 0.412 e. The molecule has 1 saturated carbocycles.